The van der Waals surface area contributed by atoms with Gasteiger partial charge in [-0.3, -0.25) is 4.79 Å². The van der Waals surface area contributed by atoms with Crippen molar-refractivity contribution in [2.45, 2.75) is 51.0 Å². The Hall–Kier alpha value is -0.570. The molecule has 3 nitrogen and oxygen atoms in total. The van der Waals surface area contributed by atoms with Crippen LogP contribution in [-0.2, 0) is 4.79 Å². The maximum Gasteiger partial charge on any atom is 0.220 e. The summed E-state index contributed by atoms with van der Waals surface area (Å²) in [5.41, 5.74) is 0. The summed E-state index contributed by atoms with van der Waals surface area (Å²) in [6.45, 7) is 2.00. The Kier molecular flexibility index (Phi) is 4.01. The van der Waals surface area contributed by atoms with E-state index in [1.165, 1.54) is 25.7 Å². The lowest BCUT2D eigenvalue weighted by atomic mass is 10.0. The number of carbonyl (C=O) groups is 1. The van der Waals surface area contributed by atoms with Gasteiger partial charge in [0.05, 0.1) is 0 Å². The van der Waals surface area contributed by atoms with Crippen molar-refractivity contribution in [2.75, 3.05) is 13.1 Å². The van der Waals surface area contributed by atoms with Crippen LogP contribution < -0.4 is 10.6 Å². The number of carbonyl (C=O) groups excluding carboxylic acids is 1. The second-order valence-corrected chi connectivity index (χ2v) is 4.95. The molecular weight excluding hydrogens is 188 g/mol. The van der Waals surface area contributed by atoms with E-state index in [1.807, 2.05) is 0 Å². The van der Waals surface area contributed by atoms with E-state index in [0.29, 0.717) is 6.04 Å². The summed E-state index contributed by atoms with van der Waals surface area (Å²) < 4.78 is 0. The second kappa shape index (κ2) is 5.50. The minimum absolute atomic E-state index is 0.260. The molecule has 0 aromatic rings. The summed E-state index contributed by atoms with van der Waals surface area (Å²) in [6, 6.07) is 0.390. The van der Waals surface area contributed by atoms with Gasteiger partial charge in [-0.15, -0.1) is 0 Å². The van der Waals surface area contributed by atoms with Crippen molar-refractivity contribution in [1.82, 2.24) is 10.6 Å². The first kappa shape index (κ1) is 10.9. The maximum absolute atomic E-state index is 11.6. The predicted molar refractivity (Wildman–Crippen MR) is 60.6 cm³/mol. The number of nitrogens with one attached hydrogen (secondary N) is 2. The fourth-order valence-corrected chi connectivity index (χ4v) is 2.71. The molecule has 0 spiro atoms. The lowest BCUT2D eigenvalue weighted by Crippen LogP contribution is -2.36. The summed E-state index contributed by atoms with van der Waals surface area (Å²) in [6.07, 6.45) is 8.37. The second-order valence-electron chi connectivity index (χ2n) is 4.95. The first-order valence-electron chi connectivity index (χ1n) is 6.34. The highest BCUT2D eigenvalue weighted by atomic mass is 16.1. The van der Waals surface area contributed by atoms with Gasteiger partial charge >= 0.3 is 0 Å². The van der Waals surface area contributed by atoms with E-state index in [-0.39, 0.29) is 5.91 Å². The minimum Gasteiger partial charge on any atom is -0.352 e. The van der Waals surface area contributed by atoms with Crippen molar-refractivity contribution in [2.24, 2.45) is 5.92 Å². The van der Waals surface area contributed by atoms with E-state index in [4.69, 9.17) is 0 Å². The van der Waals surface area contributed by atoms with Crippen LogP contribution in [0.1, 0.15) is 44.9 Å². The van der Waals surface area contributed by atoms with Crippen molar-refractivity contribution in [3.05, 3.63) is 0 Å². The zero-order chi connectivity index (χ0) is 10.5. The van der Waals surface area contributed by atoms with E-state index in [1.54, 1.807) is 0 Å². The van der Waals surface area contributed by atoms with Crippen LogP contribution in [0.3, 0.4) is 0 Å². The van der Waals surface area contributed by atoms with Gasteiger partial charge < -0.3 is 10.6 Å². The standard InChI is InChI=1S/C12H22N2O/c15-12(14-11-7-8-13-9-11)6-5-10-3-1-2-4-10/h10-11,13H,1-9H2,(H,14,15). The molecule has 2 rings (SSSR count). The Morgan fingerprint density at radius 2 is 2.07 bits per heavy atom. The third-order valence-corrected chi connectivity index (χ3v) is 3.68. The van der Waals surface area contributed by atoms with Gasteiger partial charge in [-0.05, 0) is 25.3 Å². The Labute approximate surface area is 92.0 Å². The molecule has 86 valence electrons. The lowest BCUT2D eigenvalue weighted by Gasteiger charge is -2.12. The van der Waals surface area contributed by atoms with Crippen LogP contribution in [0.5, 0.6) is 0 Å². The van der Waals surface area contributed by atoms with Crippen LogP contribution in [0.4, 0.5) is 0 Å². The van der Waals surface area contributed by atoms with Gasteiger partial charge in [0.25, 0.3) is 0 Å². The molecule has 15 heavy (non-hydrogen) atoms. The lowest BCUT2D eigenvalue weighted by molar-refractivity contribution is -0.122. The molecule has 0 radical (unpaired) electrons. The molecule has 2 N–H and O–H groups in total. The van der Waals surface area contributed by atoms with Crippen LogP contribution in [0.25, 0.3) is 0 Å². The van der Waals surface area contributed by atoms with Crippen molar-refractivity contribution in [3.63, 3.8) is 0 Å². The molecule has 3 heteroatoms. The third-order valence-electron chi connectivity index (χ3n) is 3.68. The van der Waals surface area contributed by atoms with Gasteiger partial charge in [0.1, 0.15) is 0 Å². The molecule has 1 aliphatic carbocycles. The summed E-state index contributed by atoms with van der Waals surface area (Å²) >= 11 is 0. The fraction of sp³-hybridized carbons (Fsp3) is 0.917. The summed E-state index contributed by atoms with van der Waals surface area (Å²) in [5, 5.41) is 6.36. The highest BCUT2D eigenvalue weighted by molar-refractivity contribution is 5.76. The van der Waals surface area contributed by atoms with Gasteiger partial charge in [0.15, 0.2) is 0 Å². The van der Waals surface area contributed by atoms with E-state index in [0.717, 1.165) is 38.3 Å². The largest absolute Gasteiger partial charge is 0.352 e. The quantitative estimate of drug-likeness (QED) is 0.737. The molecule has 1 saturated carbocycles. The first-order chi connectivity index (χ1) is 7.34. The van der Waals surface area contributed by atoms with Gasteiger partial charge in [-0.25, -0.2) is 0 Å². The van der Waals surface area contributed by atoms with Crippen molar-refractivity contribution in [3.8, 4) is 0 Å². The summed E-state index contributed by atoms with van der Waals surface area (Å²) in [4.78, 5) is 11.6. The Balaban J connectivity index is 1.59. The molecule has 0 aromatic heterocycles. The highest BCUT2D eigenvalue weighted by Crippen LogP contribution is 2.28. The van der Waals surface area contributed by atoms with Gasteiger partial charge in [0.2, 0.25) is 5.91 Å². The van der Waals surface area contributed by atoms with Crippen molar-refractivity contribution in [1.29, 1.82) is 0 Å². The van der Waals surface area contributed by atoms with Crippen molar-refractivity contribution >= 4 is 5.91 Å². The number of hydrogen-bond donors (Lipinski definition) is 2. The maximum atomic E-state index is 11.6. The Morgan fingerprint density at radius 1 is 1.27 bits per heavy atom. The average molecular weight is 210 g/mol. The van der Waals surface area contributed by atoms with E-state index < -0.39 is 0 Å². The van der Waals surface area contributed by atoms with Crippen LogP contribution in [0.15, 0.2) is 0 Å². The monoisotopic (exact) mass is 210 g/mol. The third kappa shape index (κ3) is 3.49. The number of rotatable bonds is 4. The van der Waals surface area contributed by atoms with Crippen LogP contribution in [0, 0.1) is 5.92 Å². The molecule has 1 unspecified atom stereocenters. The zero-order valence-corrected chi connectivity index (χ0v) is 9.43. The zero-order valence-electron chi connectivity index (χ0n) is 9.43. The van der Waals surface area contributed by atoms with Crippen molar-refractivity contribution < 1.29 is 4.79 Å². The van der Waals surface area contributed by atoms with Gasteiger partial charge in [0, 0.05) is 19.0 Å². The molecule has 1 atom stereocenters. The SMILES string of the molecule is O=C(CCC1CCCC1)NC1CCNC1. The first-order valence-corrected chi connectivity index (χ1v) is 6.34. The predicted octanol–water partition coefficient (Wildman–Crippen LogP) is 1.43. The molecule has 1 amide bonds. The topological polar surface area (TPSA) is 41.1 Å². The molecular formula is C12H22N2O. The Bertz CT molecular complexity index is 206. The van der Waals surface area contributed by atoms with Crippen LogP contribution >= 0.6 is 0 Å². The molecule has 0 bridgehead atoms. The van der Waals surface area contributed by atoms with E-state index in [2.05, 4.69) is 10.6 Å². The van der Waals surface area contributed by atoms with Crippen LogP contribution in [0.2, 0.25) is 0 Å². The van der Waals surface area contributed by atoms with Gasteiger partial charge in [-0.2, -0.15) is 0 Å². The highest BCUT2D eigenvalue weighted by Gasteiger charge is 2.19. The van der Waals surface area contributed by atoms with E-state index in [9.17, 15) is 4.79 Å². The van der Waals surface area contributed by atoms with Crippen LogP contribution in [-0.4, -0.2) is 25.0 Å². The summed E-state index contributed by atoms with van der Waals surface area (Å²) in [7, 11) is 0. The molecule has 2 fully saturated rings. The average Bonchev–Trinajstić information content (AvgIpc) is 2.86. The number of amides is 1. The molecule has 1 aliphatic heterocycles. The molecule has 1 saturated heterocycles. The van der Waals surface area contributed by atoms with Gasteiger partial charge in [-0.1, -0.05) is 25.7 Å². The molecule has 1 heterocycles. The smallest absolute Gasteiger partial charge is 0.220 e. The molecule has 2 aliphatic rings. The fourth-order valence-electron chi connectivity index (χ4n) is 2.71. The minimum atomic E-state index is 0.260. The Morgan fingerprint density at radius 3 is 2.73 bits per heavy atom. The van der Waals surface area contributed by atoms with E-state index >= 15 is 0 Å². The number of hydrogen-bond acceptors (Lipinski definition) is 2. The normalized spacial score (nSPS) is 27.1. The summed E-state index contributed by atoms with van der Waals surface area (Å²) in [5.74, 6) is 1.09. The molecule has 0 aromatic carbocycles.